The third-order valence-corrected chi connectivity index (χ3v) is 3.67. The second-order valence-electron chi connectivity index (χ2n) is 5.06. The second kappa shape index (κ2) is 6.57. The van der Waals surface area contributed by atoms with Crippen LogP contribution in [0.1, 0.15) is 41.6 Å². The number of esters is 1. The summed E-state index contributed by atoms with van der Waals surface area (Å²) < 4.78 is 4.83. The second-order valence-corrected chi connectivity index (χ2v) is 5.06. The minimum Gasteiger partial charge on any atom is -0.465 e. The molecule has 19 heavy (non-hydrogen) atoms. The number of benzene rings is 1. The van der Waals surface area contributed by atoms with E-state index in [2.05, 4.69) is 4.90 Å². The molecule has 0 saturated carbocycles. The molecule has 1 heterocycles. The van der Waals surface area contributed by atoms with Crippen molar-refractivity contribution in [3.63, 3.8) is 0 Å². The predicted molar refractivity (Wildman–Crippen MR) is 75.9 cm³/mol. The van der Waals surface area contributed by atoms with Gasteiger partial charge in [-0.05, 0) is 37.6 Å². The number of likely N-dealkylation sites (tertiary alicyclic amines) is 1. The number of nitrogen functional groups attached to an aromatic ring is 1. The summed E-state index contributed by atoms with van der Waals surface area (Å²) in [4.78, 5) is 14.2. The van der Waals surface area contributed by atoms with Crippen LogP contribution in [0.2, 0.25) is 0 Å². The van der Waals surface area contributed by atoms with Gasteiger partial charge in [-0.3, -0.25) is 4.90 Å². The Kier molecular flexibility index (Phi) is 4.80. The van der Waals surface area contributed by atoms with Crippen molar-refractivity contribution in [3.8, 4) is 0 Å². The Bertz CT molecular complexity index is 438. The number of hydrogen-bond acceptors (Lipinski definition) is 4. The molecule has 1 fully saturated rings. The van der Waals surface area contributed by atoms with Crippen LogP contribution in [0, 0.1) is 0 Å². The maximum absolute atomic E-state index is 11.8. The van der Waals surface area contributed by atoms with Gasteiger partial charge in [0.05, 0.1) is 12.7 Å². The zero-order valence-corrected chi connectivity index (χ0v) is 11.5. The van der Waals surface area contributed by atoms with Crippen molar-refractivity contribution >= 4 is 11.7 Å². The monoisotopic (exact) mass is 262 g/mol. The van der Waals surface area contributed by atoms with Gasteiger partial charge < -0.3 is 10.5 Å². The first-order valence-corrected chi connectivity index (χ1v) is 6.90. The van der Waals surface area contributed by atoms with Gasteiger partial charge in [0.1, 0.15) is 0 Å². The Balaban J connectivity index is 2.19. The fourth-order valence-electron chi connectivity index (χ4n) is 2.64. The fraction of sp³-hybridized carbons (Fsp3) is 0.533. The predicted octanol–water partition coefficient (Wildman–Crippen LogP) is 2.43. The molecule has 1 aliphatic rings. The van der Waals surface area contributed by atoms with Crippen molar-refractivity contribution in [2.45, 2.75) is 32.2 Å². The van der Waals surface area contributed by atoms with E-state index in [4.69, 9.17) is 10.5 Å². The summed E-state index contributed by atoms with van der Waals surface area (Å²) in [5.41, 5.74) is 7.90. The van der Waals surface area contributed by atoms with Crippen LogP contribution >= 0.6 is 0 Å². The number of ether oxygens (including phenoxy) is 1. The van der Waals surface area contributed by atoms with E-state index < -0.39 is 0 Å². The summed E-state index contributed by atoms with van der Waals surface area (Å²) in [5.74, 6) is -0.345. The van der Waals surface area contributed by atoms with Crippen molar-refractivity contribution in [2.75, 3.05) is 25.9 Å². The van der Waals surface area contributed by atoms with E-state index in [9.17, 15) is 4.79 Å². The van der Waals surface area contributed by atoms with Crippen LogP contribution in [0.4, 0.5) is 5.69 Å². The molecule has 0 spiro atoms. The first-order chi connectivity index (χ1) is 9.22. The molecule has 2 N–H and O–H groups in total. The number of nitrogens with zero attached hydrogens (tertiary/aromatic N) is 1. The van der Waals surface area contributed by atoms with Crippen LogP contribution in [-0.2, 0) is 11.3 Å². The molecular weight excluding hydrogens is 240 g/mol. The van der Waals surface area contributed by atoms with Gasteiger partial charge >= 0.3 is 5.97 Å². The molecule has 0 atom stereocenters. The minimum atomic E-state index is -0.345. The van der Waals surface area contributed by atoms with E-state index in [1.165, 1.54) is 32.8 Å². The van der Waals surface area contributed by atoms with Gasteiger partial charge in [-0.1, -0.05) is 25.0 Å². The van der Waals surface area contributed by atoms with E-state index in [0.717, 1.165) is 25.2 Å². The number of methoxy groups -OCH3 is 1. The number of anilines is 1. The lowest BCUT2D eigenvalue weighted by Gasteiger charge is -2.21. The molecule has 0 aromatic heterocycles. The van der Waals surface area contributed by atoms with Crippen molar-refractivity contribution < 1.29 is 9.53 Å². The van der Waals surface area contributed by atoms with Gasteiger partial charge in [0, 0.05) is 12.2 Å². The van der Waals surface area contributed by atoms with Crippen LogP contribution in [0.3, 0.4) is 0 Å². The third kappa shape index (κ3) is 3.47. The molecule has 0 radical (unpaired) electrons. The van der Waals surface area contributed by atoms with Crippen molar-refractivity contribution in [1.29, 1.82) is 0 Å². The highest BCUT2D eigenvalue weighted by Gasteiger charge is 2.18. The van der Waals surface area contributed by atoms with Crippen LogP contribution < -0.4 is 5.73 Å². The Morgan fingerprint density at radius 2 is 1.95 bits per heavy atom. The van der Waals surface area contributed by atoms with Gasteiger partial charge in [-0.15, -0.1) is 0 Å². The highest BCUT2D eigenvalue weighted by Crippen LogP contribution is 2.21. The van der Waals surface area contributed by atoms with Gasteiger partial charge in [0.15, 0.2) is 0 Å². The van der Waals surface area contributed by atoms with E-state index in [1.807, 2.05) is 12.1 Å². The molecule has 2 rings (SSSR count). The molecule has 0 aliphatic carbocycles. The molecule has 0 bridgehead atoms. The highest BCUT2D eigenvalue weighted by atomic mass is 16.5. The Labute approximate surface area is 114 Å². The summed E-state index contributed by atoms with van der Waals surface area (Å²) in [5, 5.41) is 0. The van der Waals surface area contributed by atoms with Crippen LogP contribution in [0.15, 0.2) is 18.2 Å². The van der Waals surface area contributed by atoms with Crippen molar-refractivity contribution in [1.82, 2.24) is 4.90 Å². The van der Waals surface area contributed by atoms with Gasteiger partial charge in [0.25, 0.3) is 0 Å². The molecule has 104 valence electrons. The highest BCUT2D eigenvalue weighted by molar-refractivity contribution is 5.96. The number of carbonyl (C=O) groups excluding carboxylic acids is 1. The van der Waals surface area contributed by atoms with E-state index in [0.29, 0.717) is 11.3 Å². The molecular formula is C15H22N2O2. The number of hydrogen-bond donors (Lipinski definition) is 1. The average Bonchev–Trinajstić information content (AvgIpc) is 2.67. The maximum atomic E-state index is 11.8. The molecule has 1 aliphatic heterocycles. The zero-order chi connectivity index (χ0) is 13.7. The number of carbonyl (C=O) groups is 1. The summed E-state index contributed by atoms with van der Waals surface area (Å²) >= 11 is 0. The van der Waals surface area contributed by atoms with Crippen molar-refractivity contribution in [2.24, 2.45) is 0 Å². The Morgan fingerprint density at radius 3 is 2.58 bits per heavy atom. The SMILES string of the molecule is COC(=O)c1c(N)cccc1CN1CCCCCC1. The zero-order valence-electron chi connectivity index (χ0n) is 11.5. The van der Waals surface area contributed by atoms with E-state index in [-0.39, 0.29) is 5.97 Å². The maximum Gasteiger partial charge on any atom is 0.340 e. The summed E-state index contributed by atoms with van der Waals surface area (Å²) in [6.07, 6.45) is 5.07. The van der Waals surface area contributed by atoms with Crippen LogP contribution in [0.5, 0.6) is 0 Å². The molecule has 1 aromatic rings. The minimum absolute atomic E-state index is 0.345. The van der Waals surface area contributed by atoms with E-state index >= 15 is 0 Å². The fourth-order valence-corrected chi connectivity index (χ4v) is 2.64. The summed E-state index contributed by atoms with van der Waals surface area (Å²) in [7, 11) is 1.39. The van der Waals surface area contributed by atoms with Gasteiger partial charge in [-0.25, -0.2) is 4.79 Å². The molecule has 4 nitrogen and oxygen atoms in total. The molecule has 0 amide bonds. The quantitative estimate of drug-likeness (QED) is 0.671. The van der Waals surface area contributed by atoms with Gasteiger partial charge in [0.2, 0.25) is 0 Å². The molecule has 0 unspecified atom stereocenters. The molecule has 4 heteroatoms. The number of rotatable bonds is 3. The van der Waals surface area contributed by atoms with Crippen molar-refractivity contribution in [3.05, 3.63) is 29.3 Å². The smallest absolute Gasteiger partial charge is 0.340 e. The average molecular weight is 262 g/mol. The third-order valence-electron chi connectivity index (χ3n) is 3.67. The first kappa shape index (κ1) is 13.9. The number of nitrogens with two attached hydrogens (primary N) is 1. The van der Waals surface area contributed by atoms with Gasteiger partial charge in [-0.2, -0.15) is 0 Å². The van der Waals surface area contributed by atoms with Crippen LogP contribution in [0.25, 0.3) is 0 Å². The normalized spacial score (nSPS) is 16.9. The molecule has 1 aromatic carbocycles. The van der Waals surface area contributed by atoms with Crippen LogP contribution in [-0.4, -0.2) is 31.1 Å². The summed E-state index contributed by atoms with van der Waals surface area (Å²) in [6.45, 7) is 2.96. The standard InChI is InChI=1S/C15H22N2O2/c1-19-15(18)14-12(7-6-8-13(14)16)11-17-9-4-2-3-5-10-17/h6-8H,2-5,9-11,16H2,1H3. The Hall–Kier alpha value is -1.55. The topological polar surface area (TPSA) is 55.6 Å². The lowest BCUT2D eigenvalue weighted by atomic mass is 10.0. The Morgan fingerprint density at radius 1 is 1.26 bits per heavy atom. The largest absolute Gasteiger partial charge is 0.465 e. The lowest BCUT2D eigenvalue weighted by Crippen LogP contribution is -2.25. The lowest BCUT2D eigenvalue weighted by molar-refractivity contribution is 0.0599. The summed E-state index contributed by atoms with van der Waals surface area (Å²) in [6, 6.07) is 5.61. The first-order valence-electron chi connectivity index (χ1n) is 6.90. The molecule has 1 saturated heterocycles. The van der Waals surface area contributed by atoms with E-state index in [1.54, 1.807) is 6.07 Å².